The van der Waals surface area contributed by atoms with Gasteiger partial charge in [0.05, 0.1) is 16.3 Å². The fourth-order valence-electron chi connectivity index (χ4n) is 6.58. The normalized spacial score (nSPS) is 15.4. The molecule has 0 bridgehead atoms. The Bertz CT molecular complexity index is 2210. The van der Waals surface area contributed by atoms with E-state index in [1.807, 2.05) is 0 Å². The number of phenolic OH excluding ortho intramolecular Hbond substituents is 1. The number of para-hydroxylation sites is 1. The molecule has 1 saturated heterocycles. The minimum absolute atomic E-state index is 0.106. The number of amides is 1. The van der Waals surface area contributed by atoms with Gasteiger partial charge in [0.2, 0.25) is 0 Å². The largest absolute Gasteiger partial charge is 0.506 e. The summed E-state index contributed by atoms with van der Waals surface area (Å²) in [7, 11) is 0. The minimum atomic E-state index is -5.43. The van der Waals surface area contributed by atoms with Gasteiger partial charge >= 0.3 is 23.5 Å². The molecule has 1 aliphatic rings. The van der Waals surface area contributed by atoms with E-state index in [9.17, 15) is 34.7 Å². The van der Waals surface area contributed by atoms with Gasteiger partial charge < -0.3 is 24.7 Å². The molecule has 1 amide bonds. The highest BCUT2D eigenvalue weighted by molar-refractivity contribution is 5.98. The van der Waals surface area contributed by atoms with Gasteiger partial charge in [-0.15, -0.1) is 0 Å². The first kappa shape index (κ1) is 38.7. The zero-order valence-electron chi connectivity index (χ0n) is 29.7. The molecule has 1 aliphatic heterocycles. The van der Waals surface area contributed by atoms with Crippen LogP contribution in [0, 0.1) is 22.9 Å². The van der Waals surface area contributed by atoms with E-state index >= 15 is 17.6 Å². The molecule has 1 fully saturated rings. The highest BCUT2D eigenvalue weighted by atomic mass is 19.4. The predicted octanol–water partition coefficient (Wildman–Crippen LogP) is 5.55. The molecule has 4 heterocycles. The van der Waals surface area contributed by atoms with E-state index in [4.69, 9.17) is 4.74 Å². The van der Waals surface area contributed by atoms with Crippen LogP contribution in [0.1, 0.15) is 63.9 Å². The zero-order valence-corrected chi connectivity index (χ0v) is 29.7. The number of pyridine rings is 3. The average Bonchev–Trinajstić information content (AvgIpc) is 3.04. The number of piperazine rings is 1. The number of phenols is 1. The summed E-state index contributed by atoms with van der Waals surface area (Å²) in [6.45, 7) is 8.54. The van der Waals surface area contributed by atoms with Crippen molar-refractivity contribution in [3.63, 3.8) is 0 Å². The third-order valence-electron chi connectivity index (χ3n) is 8.76. The van der Waals surface area contributed by atoms with E-state index in [0.717, 1.165) is 18.2 Å². The van der Waals surface area contributed by atoms with E-state index in [-0.39, 0.29) is 47.6 Å². The van der Waals surface area contributed by atoms with E-state index in [1.54, 1.807) is 34.6 Å². The lowest BCUT2D eigenvalue weighted by Gasteiger charge is -2.43. The Balaban J connectivity index is 2.01. The number of ether oxygens (including phenoxy) is 1. The summed E-state index contributed by atoms with van der Waals surface area (Å²) >= 11 is 0. The third-order valence-corrected chi connectivity index (χ3v) is 8.76. The highest BCUT2D eigenvalue weighted by Gasteiger charge is 2.43. The van der Waals surface area contributed by atoms with Gasteiger partial charge in [-0.2, -0.15) is 13.2 Å². The maximum absolute atomic E-state index is 15.4. The first-order chi connectivity index (χ1) is 24.7. The van der Waals surface area contributed by atoms with Crippen molar-refractivity contribution in [3.05, 3.63) is 90.1 Å². The topological polar surface area (TPSA) is 173 Å². The summed E-state index contributed by atoms with van der Waals surface area (Å²) in [6, 6.07) is 3.42. The number of nitro groups is 1. The molecule has 0 radical (unpaired) electrons. The molecule has 0 spiro atoms. The van der Waals surface area contributed by atoms with Crippen molar-refractivity contribution in [1.82, 2.24) is 19.0 Å². The molecular formula is C35H38F4N6O8. The Labute approximate surface area is 299 Å². The molecule has 3 aromatic heterocycles. The second kappa shape index (κ2) is 14.1. The number of aromatic nitrogens is 3. The van der Waals surface area contributed by atoms with Gasteiger partial charge in [0.25, 0.3) is 5.56 Å². The van der Waals surface area contributed by atoms with Crippen molar-refractivity contribution < 1.29 is 42.2 Å². The van der Waals surface area contributed by atoms with E-state index in [1.165, 1.54) is 29.0 Å². The summed E-state index contributed by atoms with van der Waals surface area (Å²) in [4.78, 5) is 61.2. The lowest BCUT2D eigenvalue weighted by molar-refractivity contribution is -0.385. The van der Waals surface area contributed by atoms with Crippen LogP contribution in [0.4, 0.5) is 33.7 Å². The van der Waals surface area contributed by atoms with Crippen molar-refractivity contribution in [2.45, 2.75) is 71.7 Å². The Hall–Kier alpha value is -5.52. The van der Waals surface area contributed by atoms with Gasteiger partial charge in [-0.1, -0.05) is 19.9 Å². The minimum Gasteiger partial charge on any atom is -0.506 e. The van der Waals surface area contributed by atoms with Crippen molar-refractivity contribution in [2.24, 2.45) is 0 Å². The van der Waals surface area contributed by atoms with Crippen molar-refractivity contribution >= 4 is 28.4 Å². The van der Waals surface area contributed by atoms with Crippen LogP contribution in [0.15, 0.2) is 46.1 Å². The molecular weight excluding hydrogens is 708 g/mol. The summed E-state index contributed by atoms with van der Waals surface area (Å²) < 4.78 is 66.6. The molecule has 0 saturated carbocycles. The first-order valence-corrected chi connectivity index (χ1v) is 16.6. The molecule has 1 atom stereocenters. The van der Waals surface area contributed by atoms with Crippen LogP contribution < -0.4 is 16.0 Å². The zero-order chi connectivity index (χ0) is 39.3. The second-order valence-corrected chi connectivity index (χ2v) is 13.9. The molecule has 18 heteroatoms. The molecule has 1 aromatic carbocycles. The molecule has 53 heavy (non-hydrogen) atoms. The summed E-state index contributed by atoms with van der Waals surface area (Å²) in [5.74, 6) is -2.92. The third kappa shape index (κ3) is 7.14. The molecule has 284 valence electrons. The Kier molecular flexibility index (Phi) is 10.3. The van der Waals surface area contributed by atoms with Gasteiger partial charge in [-0.05, 0) is 69.9 Å². The monoisotopic (exact) mass is 746 g/mol. The molecule has 14 nitrogen and oxygen atoms in total. The quantitative estimate of drug-likeness (QED) is 0.139. The number of fused-ring (bicyclic) bond motifs is 1. The first-order valence-electron chi connectivity index (χ1n) is 16.6. The number of aliphatic hydroxyl groups is 1. The number of nitrogens with zero attached hydrogens (tertiary/aromatic N) is 6. The molecule has 1 unspecified atom stereocenters. The number of carbonyl (C=O) groups excluding carboxylic acids is 1. The maximum Gasteiger partial charge on any atom is 0.431 e. The Morgan fingerprint density at radius 2 is 1.75 bits per heavy atom. The van der Waals surface area contributed by atoms with Crippen LogP contribution in [-0.2, 0) is 10.9 Å². The lowest BCUT2D eigenvalue weighted by atomic mass is 10.0. The Morgan fingerprint density at radius 1 is 1.08 bits per heavy atom. The number of aliphatic hydroxyl groups excluding tert-OH is 1. The second-order valence-electron chi connectivity index (χ2n) is 13.9. The van der Waals surface area contributed by atoms with E-state index in [2.05, 4.69) is 4.98 Å². The van der Waals surface area contributed by atoms with Gasteiger partial charge in [0, 0.05) is 43.9 Å². The smallest absolute Gasteiger partial charge is 0.431 e. The average molecular weight is 747 g/mol. The molecule has 0 aliphatic carbocycles. The number of rotatable bonds is 7. The number of alkyl halides is 3. The number of hydrogen-bond acceptors (Lipinski definition) is 10. The van der Waals surface area contributed by atoms with Crippen LogP contribution >= 0.6 is 0 Å². The van der Waals surface area contributed by atoms with E-state index < -0.39 is 97.7 Å². The summed E-state index contributed by atoms with van der Waals surface area (Å²) in [5, 5.41) is 32.9. The fourth-order valence-corrected chi connectivity index (χ4v) is 6.58. The van der Waals surface area contributed by atoms with Crippen LogP contribution in [0.5, 0.6) is 5.75 Å². The SMILES string of the molecule is Cc1ccnc(C(C)C)c1-n1c(=O)c([N+](=O)[O-])c(N2CCN(C(=O)OC(C)(C)C)CC2CCO)c2cc(C(F)(F)F)n(-c3c(O)cccc3F)c(=O)c21. The van der Waals surface area contributed by atoms with Crippen LogP contribution in [-0.4, -0.2) is 78.1 Å². The number of aryl methyl sites for hydroxylation is 1. The molecule has 4 aromatic rings. The Morgan fingerprint density at radius 3 is 2.32 bits per heavy atom. The van der Waals surface area contributed by atoms with Crippen molar-refractivity contribution in [1.29, 1.82) is 0 Å². The summed E-state index contributed by atoms with van der Waals surface area (Å²) in [6.07, 6.45) is -4.96. The molecule has 5 rings (SSSR count). The lowest BCUT2D eigenvalue weighted by Crippen LogP contribution is -2.56. The number of hydrogen-bond donors (Lipinski definition) is 2. The highest BCUT2D eigenvalue weighted by Crippen LogP contribution is 2.42. The van der Waals surface area contributed by atoms with Gasteiger partial charge in [-0.25, -0.2) is 9.18 Å². The maximum atomic E-state index is 15.4. The van der Waals surface area contributed by atoms with Gasteiger partial charge in [0.1, 0.15) is 33.9 Å². The van der Waals surface area contributed by atoms with Gasteiger partial charge in [0.15, 0.2) is 5.82 Å². The predicted molar refractivity (Wildman–Crippen MR) is 186 cm³/mol. The number of benzene rings is 1. The van der Waals surface area contributed by atoms with Crippen LogP contribution in [0.25, 0.3) is 22.3 Å². The van der Waals surface area contributed by atoms with Gasteiger partial charge in [-0.3, -0.25) is 33.8 Å². The van der Waals surface area contributed by atoms with Crippen molar-refractivity contribution in [3.8, 4) is 17.1 Å². The number of aromatic hydroxyl groups is 1. The standard InChI is InChI=1S/C35H38F4N6O8/c1-18(2)25-26(19(3)10-12-40-25)44-28-21(16-24(35(37,38)39)43(31(28)48)29-22(36)8-7-9-23(29)47)27(30(32(44)49)45(51)52)42-14-13-41(17-20(42)11-15-46)33(50)53-34(4,5)6/h7-10,12,16,18,20,46-47H,11,13-15,17H2,1-6H3. The number of halogens is 4. The fraction of sp³-hybridized carbons (Fsp3) is 0.429. The number of anilines is 1. The molecule has 2 N–H and O–H groups in total. The van der Waals surface area contributed by atoms with Crippen molar-refractivity contribution in [2.75, 3.05) is 31.1 Å². The van der Waals surface area contributed by atoms with Crippen LogP contribution in [0.2, 0.25) is 0 Å². The van der Waals surface area contributed by atoms with E-state index in [0.29, 0.717) is 10.6 Å². The van der Waals surface area contributed by atoms with Crippen LogP contribution in [0.3, 0.4) is 0 Å². The summed E-state index contributed by atoms with van der Waals surface area (Å²) in [5.41, 5.74) is -9.26. The number of carbonyl (C=O) groups is 1.